The van der Waals surface area contributed by atoms with Gasteiger partial charge >= 0.3 is 0 Å². The molecule has 1 rings (SSSR count). The summed E-state index contributed by atoms with van der Waals surface area (Å²) in [6.07, 6.45) is 2.33. The Bertz CT molecular complexity index is 246. The number of hydrogen-bond donors (Lipinski definition) is 0. The van der Waals surface area contributed by atoms with Crippen LogP contribution in [-0.2, 0) is 0 Å². The summed E-state index contributed by atoms with van der Waals surface area (Å²) in [5.41, 5.74) is 0. The average molecular weight is 182 g/mol. The molecule has 0 amide bonds. The Morgan fingerprint density at radius 2 is 2.15 bits per heavy atom. The molecule has 0 radical (unpaired) electrons. The van der Waals surface area contributed by atoms with E-state index in [9.17, 15) is 4.39 Å². The lowest BCUT2D eigenvalue weighted by Crippen LogP contribution is -2.24. The van der Waals surface area contributed by atoms with Gasteiger partial charge in [-0.1, -0.05) is 6.92 Å². The summed E-state index contributed by atoms with van der Waals surface area (Å²) < 4.78 is 12.6. The van der Waals surface area contributed by atoms with Gasteiger partial charge in [0.25, 0.3) is 0 Å². The topological polar surface area (TPSA) is 16.1 Å². The molecular formula is C10H15FN2. The molecule has 0 aliphatic carbocycles. The van der Waals surface area contributed by atoms with Gasteiger partial charge < -0.3 is 4.90 Å². The fraction of sp³-hybridized carbons (Fsp3) is 0.500. The van der Waals surface area contributed by atoms with Crippen molar-refractivity contribution in [2.75, 3.05) is 18.0 Å². The summed E-state index contributed by atoms with van der Waals surface area (Å²) >= 11 is 0. The number of rotatable bonds is 4. The minimum atomic E-state index is -0.281. The first kappa shape index (κ1) is 9.96. The summed E-state index contributed by atoms with van der Waals surface area (Å²) in [6.45, 7) is 6.06. The summed E-state index contributed by atoms with van der Waals surface area (Å²) in [4.78, 5) is 6.14. The van der Waals surface area contributed by atoms with Crippen molar-refractivity contribution in [2.45, 2.75) is 20.3 Å². The molecule has 3 heteroatoms. The van der Waals surface area contributed by atoms with Crippen LogP contribution in [0.1, 0.15) is 20.3 Å². The van der Waals surface area contributed by atoms with Gasteiger partial charge in [0.05, 0.1) is 6.20 Å². The third kappa shape index (κ3) is 2.68. The van der Waals surface area contributed by atoms with Gasteiger partial charge in [-0.05, 0) is 25.5 Å². The van der Waals surface area contributed by atoms with Crippen molar-refractivity contribution in [3.8, 4) is 0 Å². The number of halogens is 1. The molecule has 0 fully saturated rings. The van der Waals surface area contributed by atoms with Crippen LogP contribution in [0.15, 0.2) is 18.3 Å². The Balaban J connectivity index is 2.73. The molecular weight excluding hydrogens is 167 g/mol. The van der Waals surface area contributed by atoms with Gasteiger partial charge in [0.15, 0.2) is 0 Å². The van der Waals surface area contributed by atoms with Crippen LogP contribution in [0.2, 0.25) is 0 Å². The number of anilines is 1. The van der Waals surface area contributed by atoms with Gasteiger partial charge in [-0.25, -0.2) is 9.37 Å². The third-order valence-corrected chi connectivity index (χ3v) is 1.91. The van der Waals surface area contributed by atoms with Gasteiger partial charge in [-0.15, -0.1) is 0 Å². The maximum Gasteiger partial charge on any atom is 0.141 e. The van der Waals surface area contributed by atoms with Gasteiger partial charge in [0.2, 0.25) is 0 Å². The zero-order valence-electron chi connectivity index (χ0n) is 8.13. The Morgan fingerprint density at radius 3 is 2.62 bits per heavy atom. The molecule has 0 unspecified atom stereocenters. The highest BCUT2D eigenvalue weighted by molar-refractivity contribution is 5.37. The van der Waals surface area contributed by atoms with Crippen LogP contribution >= 0.6 is 0 Å². The number of nitrogens with zero attached hydrogens (tertiary/aromatic N) is 2. The Hall–Kier alpha value is -1.12. The van der Waals surface area contributed by atoms with Crippen LogP contribution in [-0.4, -0.2) is 18.1 Å². The molecule has 1 aromatic heterocycles. The predicted octanol–water partition coefficient (Wildman–Crippen LogP) is 2.46. The lowest BCUT2D eigenvalue weighted by molar-refractivity contribution is 0.620. The van der Waals surface area contributed by atoms with Crippen molar-refractivity contribution in [3.05, 3.63) is 24.1 Å². The molecule has 0 atom stereocenters. The van der Waals surface area contributed by atoms with E-state index < -0.39 is 0 Å². The Morgan fingerprint density at radius 1 is 1.38 bits per heavy atom. The van der Waals surface area contributed by atoms with Gasteiger partial charge in [-0.2, -0.15) is 0 Å². The normalized spacial score (nSPS) is 10.1. The van der Waals surface area contributed by atoms with E-state index in [1.165, 1.54) is 12.3 Å². The number of pyridine rings is 1. The maximum atomic E-state index is 12.6. The maximum absolute atomic E-state index is 12.6. The van der Waals surface area contributed by atoms with Crippen molar-refractivity contribution in [3.63, 3.8) is 0 Å². The van der Waals surface area contributed by atoms with Crippen molar-refractivity contribution >= 4 is 5.82 Å². The summed E-state index contributed by atoms with van der Waals surface area (Å²) in [7, 11) is 0. The zero-order valence-corrected chi connectivity index (χ0v) is 8.13. The molecule has 0 saturated carbocycles. The van der Waals surface area contributed by atoms with Crippen LogP contribution in [0.4, 0.5) is 10.2 Å². The highest BCUT2D eigenvalue weighted by atomic mass is 19.1. The number of aromatic nitrogens is 1. The molecule has 0 spiro atoms. The second-order valence-electron chi connectivity index (χ2n) is 2.91. The number of hydrogen-bond acceptors (Lipinski definition) is 2. The lowest BCUT2D eigenvalue weighted by Gasteiger charge is -2.20. The third-order valence-electron chi connectivity index (χ3n) is 1.91. The van der Waals surface area contributed by atoms with Crippen LogP contribution in [0.5, 0.6) is 0 Å². The van der Waals surface area contributed by atoms with E-state index in [1.807, 2.05) is 0 Å². The van der Waals surface area contributed by atoms with Crippen molar-refractivity contribution in [1.29, 1.82) is 0 Å². The Kier molecular flexibility index (Phi) is 3.68. The second-order valence-corrected chi connectivity index (χ2v) is 2.91. The van der Waals surface area contributed by atoms with Crippen LogP contribution in [0.25, 0.3) is 0 Å². The lowest BCUT2D eigenvalue weighted by atomic mass is 10.3. The van der Waals surface area contributed by atoms with Crippen LogP contribution in [0, 0.1) is 5.82 Å². The van der Waals surface area contributed by atoms with E-state index in [0.29, 0.717) is 0 Å². The van der Waals surface area contributed by atoms with Crippen molar-refractivity contribution < 1.29 is 4.39 Å². The van der Waals surface area contributed by atoms with E-state index in [4.69, 9.17) is 0 Å². The highest BCUT2D eigenvalue weighted by Crippen LogP contribution is 2.10. The fourth-order valence-electron chi connectivity index (χ4n) is 1.26. The van der Waals surface area contributed by atoms with Crippen molar-refractivity contribution in [2.24, 2.45) is 0 Å². The minimum absolute atomic E-state index is 0.281. The molecule has 72 valence electrons. The van der Waals surface area contributed by atoms with Crippen LogP contribution in [0.3, 0.4) is 0 Å². The first-order valence-corrected chi connectivity index (χ1v) is 4.64. The average Bonchev–Trinajstić information content (AvgIpc) is 2.16. The van der Waals surface area contributed by atoms with E-state index in [1.54, 1.807) is 6.07 Å². The van der Waals surface area contributed by atoms with Gasteiger partial charge in [0, 0.05) is 13.1 Å². The smallest absolute Gasteiger partial charge is 0.141 e. The highest BCUT2D eigenvalue weighted by Gasteiger charge is 2.03. The molecule has 0 aromatic carbocycles. The Labute approximate surface area is 78.4 Å². The monoisotopic (exact) mass is 182 g/mol. The zero-order chi connectivity index (χ0) is 9.68. The summed E-state index contributed by atoms with van der Waals surface area (Å²) in [6, 6.07) is 3.16. The molecule has 0 aliphatic heterocycles. The molecule has 0 aliphatic rings. The van der Waals surface area contributed by atoms with Gasteiger partial charge in [0.1, 0.15) is 11.6 Å². The van der Waals surface area contributed by atoms with Gasteiger partial charge in [-0.3, -0.25) is 0 Å². The first-order valence-electron chi connectivity index (χ1n) is 4.64. The fourth-order valence-corrected chi connectivity index (χ4v) is 1.26. The summed E-state index contributed by atoms with van der Waals surface area (Å²) in [5, 5.41) is 0. The molecule has 0 N–H and O–H groups in total. The second kappa shape index (κ2) is 4.80. The SMILES string of the molecule is CCCN(CC)c1ccc(F)cn1. The molecule has 1 heterocycles. The quantitative estimate of drug-likeness (QED) is 0.711. The molecule has 0 saturated heterocycles. The molecule has 0 bridgehead atoms. The predicted molar refractivity (Wildman–Crippen MR) is 52.4 cm³/mol. The molecule has 13 heavy (non-hydrogen) atoms. The molecule has 1 aromatic rings. The van der Waals surface area contributed by atoms with E-state index >= 15 is 0 Å². The van der Waals surface area contributed by atoms with E-state index in [0.717, 1.165) is 25.3 Å². The van der Waals surface area contributed by atoms with Crippen LogP contribution < -0.4 is 4.90 Å². The molecule has 2 nitrogen and oxygen atoms in total. The standard InChI is InChI=1S/C10H15FN2/c1-3-7-13(4-2)10-6-5-9(11)8-12-10/h5-6,8H,3-4,7H2,1-2H3. The van der Waals surface area contributed by atoms with E-state index in [2.05, 4.69) is 23.7 Å². The summed E-state index contributed by atoms with van der Waals surface area (Å²) in [5.74, 6) is 0.571. The minimum Gasteiger partial charge on any atom is -0.357 e. The largest absolute Gasteiger partial charge is 0.357 e. The van der Waals surface area contributed by atoms with Crippen molar-refractivity contribution in [1.82, 2.24) is 4.98 Å². The van der Waals surface area contributed by atoms with E-state index in [-0.39, 0.29) is 5.82 Å². The first-order chi connectivity index (χ1) is 6.27.